The Morgan fingerprint density at radius 2 is 2.19 bits per heavy atom. The number of aliphatic hydroxyl groups is 1. The van der Waals surface area contributed by atoms with E-state index in [4.69, 9.17) is 9.47 Å². The third kappa shape index (κ3) is 2.74. The molecule has 2 unspecified atom stereocenters. The lowest BCUT2D eigenvalue weighted by atomic mass is 10.0. The predicted octanol–water partition coefficient (Wildman–Crippen LogP) is 2.30. The van der Waals surface area contributed by atoms with Gasteiger partial charge < -0.3 is 14.6 Å². The molecule has 1 heterocycles. The van der Waals surface area contributed by atoms with E-state index in [0.29, 0.717) is 6.42 Å². The summed E-state index contributed by atoms with van der Waals surface area (Å²) in [6, 6.07) is 7.54. The number of methoxy groups -OCH3 is 1. The predicted molar refractivity (Wildman–Crippen MR) is 61.5 cm³/mol. The number of ether oxygens (including phenoxy) is 2. The molecule has 16 heavy (non-hydrogen) atoms. The number of aliphatic hydroxyl groups excluding tert-OH is 1. The lowest BCUT2D eigenvalue weighted by Gasteiger charge is -2.15. The molecule has 0 aromatic heterocycles. The van der Waals surface area contributed by atoms with Gasteiger partial charge in [0.2, 0.25) is 0 Å². The van der Waals surface area contributed by atoms with Crippen molar-refractivity contribution in [2.24, 2.45) is 0 Å². The van der Waals surface area contributed by atoms with E-state index >= 15 is 0 Å². The zero-order chi connectivity index (χ0) is 11.4. The van der Waals surface area contributed by atoms with Crippen molar-refractivity contribution >= 4 is 0 Å². The van der Waals surface area contributed by atoms with Crippen molar-refractivity contribution in [3.63, 3.8) is 0 Å². The van der Waals surface area contributed by atoms with Crippen LogP contribution in [0, 0.1) is 0 Å². The van der Waals surface area contributed by atoms with Gasteiger partial charge in [0.15, 0.2) is 0 Å². The van der Waals surface area contributed by atoms with Gasteiger partial charge in [0.05, 0.1) is 19.3 Å². The maximum atomic E-state index is 10.0. The van der Waals surface area contributed by atoms with Gasteiger partial charge in [-0.1, -0.05) is 12.1 Å². The minimum Gasteiger partial charge on any atom is -0.497 e. The van der Waals surface area contributed by atoms with Crippen LogP contribution in [0.3, 0.4) is 0 Å². The summed E-state index contributed by atoms with van der Waals surface area (Å²) < 4.78 is 10.6. The topological polar surface area (TPSA) is 38.7 Å². The molecule has 0 spiro atoms. The quantitative estimate of drug-likeness (QED) is 0.849. The highest BCUT2D eigenvalue weighted by Crippen LogP contribution is 2.26. The highest BCUT2D eigenvalue weighted by molar-refractivity contribution is 5.28. The summed E-state index contributed by atoms with van der Waals surface area (Å²) in [5.74, 6) is 0.813. The molecule has 0 bridgehead atoms. The minimum atomic E-state index is -0.436. The van der Waals surface area contributed by atoms with Gasteiger partial charge in [0.1, 0.15) is 5.75 Å². The Kier molecular flexibility index (Phi) is 3.80. The molecule has 1 aromatic carbocycles. The average molecular weight is 222 g/mol. The third-order valence-corrected chi connectivity index (χ3v) is 3.01. The maximum Gasteiger partial charge on any atom is 0.118 e. The summed E-state index contributed by atoms with van der Waals surface area (Å²) >= 11 is 0. The van der Waals surface area contributed by atoms with Gasteiger partial charge in [-0.3, -0.25) is 0 Å². The lowest BCUT2D eigenvalue weighted by molar-refractivity contribution is 0.0535. The largest absolute Gasteiger partial charge is 0.497 e. The molecular weight excluding hydrogens is 204 g/mol. The normalized spacial score (nSPS) is 22.0. The molecule has 2 atom stereocenters. The summed E-state index contributed by atoms with van der Waals surface area (Å²) in [5.41, 5.74) is 0.927. The lowest BCUT2D eigenvalue weighted by Crippen LogP contribution is -2.11. The van der Waals surface area contributed by atoms with Crippen molar-refractivity contribution in [2.75, 3.05) is 13.7 Å². The van der Waals surface area contributed by atoms with Gasteiger partial charge in [0.25, 0.3) is 0 Å². The van der Waals surface area contributed by atoms with Gasteiger partial charge in [-0.15, -0.1) is 0 Å². The fraction of sp³-hybridized carbons (Fsp3) is 0.538. The van der Waals surface area contributed by atoms with Crippen molar-refractivity contribution in [1.82, 2.24) is 0 Å². The Hall–Kier alpha value is -1.06. The molecule has 3 heteroatoms. The van der Waals surface area contributed by atoms with E-state index < -0.39 is 6.10 Å². The second-order valence-electron chi connectivity index (χ2n) is 4.16. The number of hydrogen-bond donors (Lipinski definition) is 1. The zero-order valence-electron chi connectivity index (χ0n) is 9.56. The molecule has 1 aromatic rings. The molecule has 0 saturated carbocycles. The van der Waals surface area contributed by atoms with Crippen LogP contribution in [0.25, 0.3) is 0 Å². The van der Waals surface area contributed by atoms with Gasteiger partial charge in [-0.25, -0.2) is 0 Å². The van der Waals surface area contributed by atoms with E-state index in [-0.39, 0.29) is 6.10 Å². The first kappa shape index (κ1) is 11.4. The second-order valence-corrected chi connectivity index (χ2v) is 4.16. The molecule has 3 nitrogen and oxygen atoms in total. The van der Waals surface area contributed by atoms with Crippen LogP contribution in [0.4, 0.5) is 0 Å². The van der Waals surface area contributed by atoms with E-state index in [0.717, 1.165) is 30.8 Å². The summed E-state index contributed by atoms with van der Waals surface area (Å²) in [6.45, 7) is 0.833. The van der Waals surface area contributed by atoms with E-state index in [9.17, 15) is 5.11 Å². The molecule has 88 valence electrons. The smallest absolute Gasteiger partial charge is 0.118 e. The SMILES string of the molecule is COc1ccc(C(O)CC2CCCO2)cc1. The molecule has 1 saturated heterocycles. The standard InChI is InChI=1S/C13H18O3/c1-15-11-6-4-10(5-7-11)13(14)9-12-3-2-8-16-12/h4-7,12-14H,2-3,8-9H2,1H3. The summed E-state index contributed by atoms with van der Waals surface area (Å²) in [6.07, 6.45) is 2.64. The maximum absolute atomic E-state index is 10.0. The average Bonchev–Trinajstić information content (AvgIpc) is 2.82. The Balaban J connectivity index is 1.94. The highest BCUT2D eigenvalue weighted by Gasteiger charge is 2.20. The van der Waals surface area contributed by atoms with Gasteiger partial charge in [0, 0.05) is 13.0 Å². The number of hydrogen-bond acceptors (Lipinski definition) is 3. The first-order valence-electron chi connectivity index (χ1n) is 5.73. The van der Waals surface area contributed by atoms with E-state index in [1.165, 1.54) is 0 Å². The van der Waals surface area contributed by atoms with Crippen LogP contribution in [0.5, 0.6) is 5.75 Å². The molecule has 1 aliphatic rings. The number of benzene rings is 1. The van der Waals surface area contributed by atoms with Crippen molar-refractivity contribution in [1.29, 1.82) is 0 Å². The fourth-order valence-corrected chi connectivity index (χ4v) is 2.04. The molecule has 0 amide bonds. The Labute approximate surface area is 96.0 Å². The third-order valence-electron chi connectivity index (χ3n) is 3.01. The van der Waals surface area contributed by atoms with Crippen LogP contribution < -0.4 is 4.74 Å². The summed E-state index contributed by atoms with van der Waals surface area (Å²) in [7, 11) is 1.64. The Bertz CT molecular complexity index is 314. The van der Waals surface area contributed by atoms with Crippen molar-refractivity contribution in [2.45, 2.75) is 31.5 Å². The van der Waals surface area contributed by atoms with Gasteiger partial charge >= 0.3 is 0 Å². The number of rotatable bonds is 4. The van der Waals surface area contributed by atoms with Gasteiger partial charge in [-0.05, 0) is 30.5 Å². The van der Waals surface area contributed by atoms with Crippen molar-refractivity contribution in [3.05, 3.63) is 29.8 Å². The Morgan fingerprint density at radius 1 is 1.44 bits per heavy atom. The van der Waals surface area contributed by atoms with Crippen LogP contribution in [0.2, 0.25) is 0 Å². The monoisotopic (exact) mass is 222 g/mol. The zero-order valence-corrected chi connectivity index (χ0v) is 9.56. The van der Waals surface area contributed by atoms with Crippen molar-refractivity contribution < 1.29 is 14.6 Å². The first-order chi connectivity index (χ1) is 7.79. The highest BCUT2D eigenvalue weighted by atomic mass is 16.5. The van der Waals surface area contributed by atoms with Crippen LogP contribution in [-0.2, 0) is 4.74 Å². The second kappa shape index (κ2) is 5.32. The molecule has 1 fully saturated rings. The van der Waals surface area contributed by atoms with E-state index in [2.05, 4.69) is 0 Å². The first-order valence-corrected chi connectivity index (χ1v) is 5.73. The van der Waals surface area contributed by atoms with Crippen LogP contribution >= 0.6 is 0 Å². The van der Waals surface area contributed by atoms with Crippen LogP contribution in [0.15, 0.2) is 24.3 Å². The minimum absolute atomic E-state index is 0.220. The molecule has 1 aliphatic heterocycles. The van der Waals surface area contributed by atoms with Crippen LogP contribution in [0.1, 0.15) is 30.9 Å². The fourth-order valence-electron chi connectivity index (χ4n) is 2.04. The molecule has 0 radical (unpaired) electrons. The molecule has 1 N–H and O–H groups in total. The molecule has 0 aliphatic carbocycles. The molecular formula is C13H18O3. The summed E-state index contributed by atoms with van der Waals surface area (Å²) in [5, 5.41) is 10.0. The van der Waals surface area contributed by atoms with Crippen molar-refractivity contribution in [3.8, 4) is 5.75 Å². The van der Waals surface area contributed by atoms with Gasteiger partial charge in [-0.2, -0.15) is 0 Å². The Morgan fingerprint density at radius 3 is 2.75 bits per heavy atom. The summed E-state index contributed by atoms with van der Waals surface area (Å²) in [4.78, 5) is 0. The van der Waals surface area contributed by atoms with E-state index in [1.54, 1.807) is 7.11 Å². The van der Waals surface area contributed by atoms with E-state index in [1.807, 2.05) is 24.3 Å². The van der Waals surface area contributed by atoms with Crippen LogP contribution in [-0.4, -0.2) is 24.9 Å². The molecule has 2 rings (SSSR count).